The van der Waals surface area contributed by atoms with Crippen molar-refractivity contribution in [2.45, 2.75) is 6.92 Å². The number of phenols is 1. The Hall–Kier alpha value is -1.03. The summed E-state index contributed by atoms with van der Waals surface area (Å²) in [5, 5.41) is 9.09. The van der Waals surface area contributed by atoms with Crippen LogP contribution in [0.3, 0.4) is 0 Å². The van der Waals surface area contributed by atoms with Crippen LogP contribution in [0.1, 0.15) is 6.92 Å². The van der Waals surface area contributed by atoms with Crippen LogP contribution in [0.25, 0.3) is 0 Å². The minimum Gasteiger partial charge on any atom is -0.508 e. The highest BCUT2D eigenvalue weighted by atomic mass is 79.9. The van der Waals surface area contributed by atoms with Crippen molar-refractivity contribution in [1.82, 2.24) is 0 Å². The first-order chi connectivity index (χ1) is 5.58. The van der Waals surface area contributed by atoms with Crippen molar-refractivity contribution < 1.29 is 14.6 Å². The summed E-state index contributed by atoms with van der Waals surface area (Å²) >= 11 is 3.15. The van der Waals surface area contributed by atoms with E-state index in [1.54, 1.807) is 6.07 Å². The molecule has 0 aliphatic rings. The second-order valence-corrected chi connectivity index (χ2v) is 3.15. The Kier molecular flexibility index (Phi) is 2.70. The van der Waals surface area contributed by atoms with E-state index in [1.165, 1.54) is 19.1 Å². The molecule has 3 nitrogen and oxygen atoms in total. The predicted molar refractivity (Wildman–Crippen MR) is 47.1 cm³/mol. The summed E-state index contributed by atoms with van der Waals surface area (Å²) in [5.41, 5.74) is 0. The van der Waals surface area contributed by atoms with E-state index in [9.17, 15) is 4.79 Å². The van der Waals surface area contributed by atoms with Crippen molar-refractivity contribution in [2.24, 2.45) is 0 Å². The zero-order valence-electron chi connectivity index (χ0n) is 6.37. The van der Waals surface area contributed by atoms with Crippen LogP contribution >= 0.6 is 15.9 Å². The molecule has 0 atom stereocenters. The molecular formula is C8H7BrO3. The number of aromatic hydroxyl groups is 1. The van der Waals surface area contributed by atoms with Gasteiger partial charge >= 0.3 is 5.97 Å². The summed E-state index contributed by atoms with van der Waals surface area (Å²) in [6.45, 7) is 1.30. The molecule has 1 aromatic carbocycles. The van der Waals surface area contributed by atoms with Crippen LogP contribution in [0.15, 0.2) is 22.7 Å². The van der Waals surface area contributed by atoms with Gasteiger partial charge < -0.3 is 9.84 Å². The largest absolute Gasteiger partial charge is 0.508 e. The maximum Gasteiger partial charge on any atom is 0.308 e. The minimum atomic E-state index is -0.410. The van der Waals surface area contributed by atoms with E-state index in [2.05, 4.69) is 15.9 Å². The van der Waals surface area contributed by atoms with Gasteiger partial charge in [-0.2, -0.15) is 0 Å². The Balaban J connectivity index is 2.93. The fraction of sp³-hybridized carbons (Fsp3) is 0.125. The van der Waals surface area contributed by atoms with Crippen molar-refractivity contribution in [3.8, 4) is 11.5 Å². The Morgan fingerprint density at radius 1 is 1.50 bits per heavy atom. The van der Waals surface area contributed by atoms with Crippen molar-refractivity contribution in [2.75, 3.05) is 0 Å². The van der Waals surface area contributed by atoms with Crippen LogP contribution in [-0.2, 0) is 4.79 Å². The van der Waals surface area contributed by atoms with Gasteiger partial charge in [-0.05, 0) is 12.1 Å². The molecule has 0 heterocycles. The molecule has 4 heteroatoms. The van der Waals surface area contributed by atoms with Crippen LogP contribution in [0, 0.1) is 0 Å². The molecule has 1 N–H and O–H groups in total. The SMILES string of the molecule is CC(=O)Oc1cc(O)cc(Br)c1. The predicted octanol–water partition coefficient (Wildman–Crippen LogP) is 2.08. The van der Waals surface area contributed by atoms with Gasteiger partial charge in [0.05, 0.1) is 0 Å². The average molecular weight is 231 g/mol. The van der Waals surface area contributed by atoms with Crippen molar-refractivity contribution in [1.29, 1.82) is 0 Å². The Morgan fingerprint density at radius 3 is 2.67 bits per heavy atom. The normalized spacial score (nSPS) is 9.50. The molecule has 0 saturated carbocycles. The summed E-state index contributed by atoms with van der Waals surface area (Å²) in [5.74, 6) is -0.0255. The topological polar surface area (TPSA) is 46.5 Å². The fourth-order valence-electron chi connectivity index (χ4n) is 0.773. The minimum absolute atomic E-state index is 0.0561. The van der Waals surface area contributed by atoms with Gasteiger partial charge in [0.25, 0.3) is 0 Å². The molecular weight excluding hydrogens is 224 g/mol. The van der Waals surface area contributed by atoms with E-state index in [1.807, 2.05) is 0 Å². The smallest absolute Gasteiger partial charge is 0.308 e. The lowest BCUT2D eigenvalue weighted by molar-refractivity contribution is -0.131. The van der Waals surface area contributed by atoms with Gasteiger partial charge in [-0.15, -0.1) is 0 Å². The first-order valence-electron chi connectivity index (χ1n) is 3.26. The average Bonchev–Trinajstić information content (AvgIpc) is 1.81. The second-order valence-electron chi connectivity index (χ2n) is 2.24. The number of esters is 1. The molecule has 0 aromatic heterocycles. The van der Waals surface area contributed by atoms with Gasteiger partial charge in [0.15, 0.2) is 0 Å². The fourth-order valence-corrected chi connectivity index (χ4v) is 1.23. The number of carbonyl (C=O) groups excluding carboxylic acids is 1. The van der Waals surface area contributed by atoms with Gasteiger partial charge in [0, 0.05) is 17.5 Å². The Labute approximate surface area is 78.1 Å². The van der Waals surface area contributed by atoms with Crippen molar-refractivity contribution in [3.63, 3.8) is 0 Å². The molecule has 0 amide bonds. The molecule has 0 saturated heterocycles. The molecule has 0 radical (unpaired) electrons. The van der Waals surface area contributed by atoms with Crippen LogP contribution in [0.4, 0.5) is 0 Å². The number of halogens is 1. The van der Waals surface area contributed by atoms with Gasteiger partial charge in [-0.25, -0.2) is 0 Å². The van der Waals surface area contributed by atoms with Gasteiger partial charge in [0.1, 0.15) is 11.5 Å². The quantitative estimate of drug-likeness (QED) is 0.594. The molecule has 0 fully saturated rings. The Morgan fingerprint density at radius 2 is 2.17 bits per heavy atom. The zero-order valence-corrected chi connectivity index (χ0v) is 7.96. The number of carbonyl (C=O) groups is 1. The van der Waals surface area contributed by atoms with Crippen LogP contribution in [-0.4, -0.2) is 11.1 Å². The van der Waals surface area contributed by atoms with E-state index < -0.39 is 5.97 Å². The van der Waals surface area contributed by atoms with E-state index in [0.29, 0.717) is 10.2 Å². The third kappa shape index (κ3) is 2.54. The number of hydrogen-bond donors (Lipinski definition) is 1. The number of ether oxygens (including phenoxy) is 1. The summed E-state index contributed by atoms with van der Waals surface area (Å²) in [6, 6.07) is 4.47. The van der Waals surface area contributed by atoms with Crippen LogP contribution in [0.2, 0.25) is 0 Å². The molecule has 1 rings (SSSR count). The van der Waals surface area contributed by atoms with E-state index in [4.69, 9.17) is 9.84 Å². The van der Waals surface area contributed by atoms with Gasteiger partial charge in [0.2, 0.25) is 0 Å². The lowest BCUT2D eigenvalue weighted by Gasteiger charge is -2.01. The first kappa shape index (κ1) is 9.06. The third-order valence-corrected chi connectivity index (χ3v) is 1.58. The maximum atomic E-state index is 10.5. The summed E-state index contributed by atoms with van der Waals surface area (Å²) in [7, 11) is 0. The molecule has 1 aromatic rings. The number of phenolic OH excluding ortho intramolecular Hbond substituents is 1. The van der Waals surface area contributed by atoms with E-state index in [0.717, 1.165) is 0 Å². The van der Waals surface area contributed by atoms with Gasteiger partial charge in [-0.3, -0.25) is 4.79 Å². The highest BCUT2D eigenvalue weighted by molar-refractivity contribution is 9.10. The lowest BCUT2D eigenvalue weighted by Crippen LogP contribution is -2.00. The summed E-state index contributed by atoms with van der Waals surface area (Å²) in [4.78, 5) is 10.5. The van der Waals surface area contributed by atoms with Crippen molar-refractivity contribution in [3.05, 3.63) is 22.7 Å². The van der Waals surface area contributed by atoms with Gasteiger partial charge in [-0.1, -0.05) is 15.9 Å². The highest BCUT2D eigenvalue weighted by Gasteiger charge is 2.00. The van der Waals surface area contributed by atoms with E-state index in [-0.39, 0.29) is 5.75 Å². The highest BCUT2D eigenvalue weighted by Crippen LogP contribution is 2.25. The standard InChI is InChI=1S/C8H7BrO3/c1-5(10)12-8-3-6(9)2-7(11)4-8/h2-4,11H,1H3. The second kappa shape index (κ2) is 3.58. The molecule has 0 bridgehead atoms. The van der Waals surface area contributed by atoms with Crippen LogP contribution < -0.4 is 4.74 Å². The number of benzene rings is 1. The maximum absolute atomic E-state index is 10.5. The molecule has 0 spiro atoms. The molecule has 64 valence electrons. The first-order valence-corrected chi connectivity index (χ1v) is 4.05. The third-order valence-electron chi connectivity index (χ3n) is 1.12. The zero-order chi connectivity index (χ0) is 9.14. The summed E-state index contributed by atoms with van der Waals surface area (Å²) in [6.07, 6.45) is 0. The van der Waals surface area contributed by atoms with Crippen molar-refractivity contribution >= 4 is 21.9 Å². The molecule has 0 aliphatic heterocycles. The molecule has 0 unspecified atom stereocenters. The number of hydrogen-bond acceptors (Lipinski definition) is 3. The van der Waals surface area contributed by atoms with Crippen LogP contribution in [0.5, 0.6) is 11.5 Å². The summed E-state index contributed by atoms with van der Waals surface area (Å²) < 4.78 is 5.41. The van der Waals surface area contributed by atoms with E-state index >= 15 is 0 Å². The number of rotatable bonds is 1. The lowest BCUT2D eigenvalue weighted by atomic mass is 10.3. The molecule has 12 heavy (non-hydrogen) atoms. The Bertz CT molecular complexity index is 289. The monoisotopic (exact) mass is 230 g/mol. The molecule has 0 aliphatic carbocycles.